The van der Waals surface area contributed by atoms with Crippen molar-refractivity contribution in [3.8, 4) is 35.2 Å². The summed E-state index contributed by atoms with van der Waals surface area (Å²) in [7, 11) is -1.40. The van der Waals surface area contributed by atoms with Crippen molar-refractivity contribution in [3.05, 3.63) is 70.7 Å². The van der Waals surface area contributed by atoms with Gasteiger partial charge >= 0.3 is 18.2 Å². The molecule has 4 aliphatic heterocycles. The number of terminal acetylenes is 1. The number of amides is 2. The van der Waals surface area contributed by atoms with E-state index in [0.29, 0.717) is 79.5 Å². The minimum Gasteiger partial charge on any atom is -0.486 e. The van der Waals surface area contributed by atoms with E-state index in [-0.39, 0.29) is 54.9 Å². The maximum Gasteiger partial charge on any atom is 0.410 e. The number of rotatable bonds is 12. The highest BCUT2D eigenvalue weighted by molar-refractivity contribution is 6.76. The molecule has 5 aromatic rings. The molecule has 364 valence electrons. The second-order valence-corrected chi connectivity index (χ2v) is 27.4. The third-order valence-electron chi connectivity index (χ3n) is 14.1. The van der Waals surface area contributed by atoms with Gasteiger partial charge in [0.05, 0.1) is 36.9 Å². The predicted molar refractivity (Wildman–Crippen MR) is 265 cm³/mol. The molecule has 1 unspecified atom stereocenters. The molecule has 2 bridgehead atoms. The second kappa shape index (κ2) is 18.4. The van der Waals surface area contributed by atoms with Crippen molar-refractivity contribution in [2.24, 2.45) is 0 Å². The molecule has 0 spiro atoms. The lowest BCUT2D eigenvalue weighted by Crippen LogP contribution is -2.50. The fourth-order valence-corrected chi connectivity index (χ4v) is 11.0. The summed E-state index contributed by atoms with van der Waals surface area (Å²) in [5.74, 6) is 3.68. The minimum absolute atomic E-state index is 0.0533. The number of nitrogens with zero attached hydrogens (tertiary/aromatic N) is 7. The monoisotopic (exact) mass is 957 g/mol. The Morgan fingerprint density at radius 2 is 1.75 bits per heavy atom. The zero-order valence-electron chi connectivity index (χ0n) is 41.0. The zero-order chi connectivity index (χ0) is 48.4. The van der Waals surface area contributed by atoms with E-state index in [1.807, 2.05) is 67.7 Å². The Bertz CT molecular complexity index is 2820. The Hall–Kier alpha value is -5.92. The molecular weight excluding hydrogens is 894 g/mol. The fourth-order valence-electron chi connectivity index (χ4n) is 10.3. The van der Waals surface area contributed by atoms with E-state index in [1.165, 1.54) is 0 Å². The van der Waals surface area contributed by atoms with Gasteiger partial charge in [0.25, 0.3) is 0 Å². The number of hydrogen-bond donors (Lipinski definition) is 0. The summed E-state index contributed by atoms with van der Waals surface area (Å²) in [6.45, 7) is 17.2. The first-order valence-corrected chi connectivity index (χ1v) is 28.4. The maximum atomic E-state index is 16.7. The number of hydrogen-bond acceptors (Lipinski definition) is 11. The van der Waals surface area contributed by atoms with Crippen LogP contribution in [0.4, 0.5) is 19.8 Å². The van der Waals surface area contributed by atoms with Gasteiger partial charge in [-0.05, 0) is 113 Å². The third-order valence-corrected chi connectivity index (χ3v) is 15.8. The molecule has 4 saturated heterocycles. The molecule has 1 aliphatic carbocycles. The molecule has 10 rings (SSSR count). The van der Waals surface area contributed by atoms with Crippen LogP contribution in [0.5, 0.6) is 11.8 Å². The van der Waals surface area contributed by atoms with Crippen molar-refractivity contribution in [1.82, 2.24) is 29.5 Å². The number of halogens is 1. The summed E-state index contributed by atoms with van der Waals surface area (Å²) in [5, 5.41) is 6.43. The first-order valence-electron chi connectivity index (χ1n) is 24.7. The lowest BCUT2D eigenvalue weighted by molar-refractivity contribution is -0.0366. The van der Waals surface area contributed by atoms with Gasteiger partial charge in [0.1, 0.15) is 35.5 Å². The first kappa shape index (κ1) is 46.8. The molecule has 1 saturated carbocycles. The van der Waals surface area contributed by atoms with Crippen molar-refractivity contribution in [2.75, 3.05) is 44.3 Å². The molecule has 0 N–H and O–H groups in total. The SMILES string of the molecule is C#Cc1ccc(COc2c(-c3c(C)c(F)cc4c3cnn4C3CCCCO3)c(C3CC3)cc3c(N4C[C@@H]5C[C@H]4CN5C(=O)OC(C)(C)C)nc(O[C@@H]4CCN(C(=O)OCC[Si](C)(C)C)C4)nc23)cc1. The van der Waals surface area contributed by atoms with Crippen LogP contribution >= 0.6 is 0 Å². The highest BCUT2D eigenvalue weighted by Crippen LogP contribution is 2.54. The molecule has 0 radical (unpaired) electrons. The molecule has 3 aromatic carbocycles. The van der Waals surface area contributed by atoms with Gasteiger partial charge < -0.3 is 38.4 Å². The Balaban J connectivity index is 1.12. The molecule has 16 heteroatoms. The molecule has 69 heavy (non-hydrogen) atoms. The summed E-state index contributed by atoms with van der Waals surface area (Å²) >= 11 is 0. The third kappa shape index (κ3) is 9.69. The molecule has 6 heterocycles. The maximum absolute atomic E-state index is 16.7. The minimum atomic E-state index is -1.40. The Labute approximate surface area is 404 Å². The van der Waals surface area contributed by atoms with Gasteiger partial charge in [-0.1, -0.05) is 37.7 Å². The zero-order valence-corrected chi connectivity index (χ0v) is 42.0. The lowest BCUT2D eigenvalue weighted by Gasteiger charge is -2.36. The van der Waals surface area contributed by atoms with Gasteiger partial charge in [0.2, 0.25) is 0 Å². The smallest absolute Gasteiger partial charge is 0.410 e. The number of benzene rings is 3. The van der Waals surface area contributed by atoms with E-state index >= 15 is 4.39 Å². The van der Waals surface area contributed by atoms with Gasteiger partial charge in [0, 0.05) is 74.3 Å². The van der Waals surface area contributed by atoms with Crippen LogP contribution in [0.3, 0.4) is 0 Å². The van der Waals surface area contributed by atoms with Crippen molar-refractivity contribution in [3.63, 3.8) is 0 Å². The van der Waals surface area contributed by atoms with Crippen LogP contribution in [0, 0.1) is 25.1 Å². The average Bonchev–Trinajstić information content (AvgIpc) is 3.58. The van der Waals surface area contributed by atoms with Crippen molar-refractivity contribution >= 4 is 47.9 Å². The summed E-state index contributed by atoms with van der Waals surface area (Å²) < 4.78 is 50.2. The molecule has 2 amide bonds. The number of fused-ring (bicyclic) bond motifs is 4. The molecule has 5 aliphatic rings. The second-order valence-electron chi connectivity index (χ2n) is 21.7. The quantitative estimate of drug-likeness (QED) is 0.0874. The molecule has 2 aromatic heterocycles. The fraction of sp³-hybridized carbons (Fsp3) is 0.528. The molecule has 4 atom stereocenters. The van der Waals surface area contributed by atoms with E-state index in [1.54, 1.807) is 11.0 Å². The largest absolute Gasteiger partial charge is 0.486 e. The van der Waals surface area contributed by atoms with Gasteiger partial charge in [0.15, 0.2) is 12.0 Å². The normalized spacial score (nSPS) is 21.6. The highest BCUT2D eigenvalue weighted by atomic mass is 28.3. The van der Waals surface area contributed by atoms with Gasteiger partial charge in [-0.3, -0.25) is 0 Å². The number of carbonyl (C=O) groups excluding carboxylic acids is 2. The molecule has 5 fully saturated rings. The summed E-state index contributed by atoms with van der Waals surface area (Å²) in [5.41, 5.74) is 5.14. The van der Waals surface area contributed by atoms with Crippen LogP contribution in [0.25, 0.3) is 32.9 Å². The van der Waals surface area contributed by atoms with Crippen molar-refractivity contribution in [1.29, 1.82) is 0 Å². The van der Waals surface area contributed by atoms with Crippen LogP contribution < -0.4 is 14.4 Å². The van der Waals surface area contributed by atoms with Crippen molar-refractivity contribution < 1.29 is 37.7 Å². The van der Waals surface area contributed by atoms with Crippen molar-refractivity contribution in [2.45, 2.75) is 141 Å². The number of aromatic nitrogens is 4. The molecular formula is C53H64FN7O7Si. The average molecular weight is 958 g/mol. The Kier molecular flexibility index (Phi) is 12.5. The summed E-state index contributed by atoms with van der Waals surface area (Å²) in [6.07, 6.45) is 12.2. The van der Waals surface area contributed by atoms with E-state index in [9.17, 15) is 9.59 Å². The number of piperazine rings is 1. The first-order chi connectivity index (χ1) is 33.0. The van der Waals surface area contributed by atoms with Crippen LogP contribution in [-0.4, -0.2) is 113 Å². The molecule has 14 nitrogen and oxygen atoms in total. The predicted octanol–water partition coefficient (Wildman–Crippen LogP) is 10.4. The summed E-state index contributed by atoms with van der Waals surface area (Å²) in [4.78, 5) is 43.0. The number of ether oxygens (including phenoxy) is 5. The Morgan fingerprint density at radius 1 is 0.957 bits per heavy atom. The topological polar surface area (TPSA) is 134 Å². The van der Waals surface area contributed by atoms with E-state index in [0.717, 1.165) is 77.6 Å². The summed E-state index contributed by atoms with van der Waals surface area (Å²) in [6, 6.07) is 12.3. The lowest BCUT2D eigenvalue weighted by atomic mass is 9.88. The van der Waals surface area contributed by atoms with Gasteiger partial charge in [-0.15, -0.1) is 6.42 Å². The highest BCUT2D eigenvalue weighted by Gasteiger charge is 2.48. The number of anilines is 1. The van der Waals surface area contributed by atoms with E-state index in [4.69, 9.17) is 45.2 Å². The van der Waals surface area contributed by atoms with Crippen LogP contribution in [0.15, 0.2) is 42.6 Å². The van der Waals surface area contributed by atoms with Gasteiger partial charge in [-0.25, -0.2) is 18.7 Å². The van der Waals surface area contributed by atoms with Crippen LogP contribution in [0.2, 0.25) is 25.7 Å². The standard InChI is InChI=1S/C53H64FN7O7Si/c1-9-33-13-15-34(16-14-33)31-66-48-46(45-32(2)42(54)26-43-41(45)27-55-61(43)44-12-10-11-21-64-44)39(35-17-18-35)25-40-47(48)56-50(67-38-19-20-58(30-38)51(62)65-22-23-69(6,7)8)57-49(40)59-28-37-24-36(59)29-60(37)52(63)68-53(3,4)5/h1,13-16,25-27,35-38,44H,10-12,17-24,28-31H2,2-8H3/t36-,37-,38+,44?/m0/s1. The van der Waals surface area contributed by atoms with E-state index < -0.39 is 19.8 Å². The number of likely N-dealkylation sites (tertiary alicyclic amines) is 2. The Morgan fingerprint density at radius 3 is 2.43 bits per heavy atom. The van der Waals surface area contributed by atoms with E-state index in [2.05, 4.69) is 36.5 Å². The number of carbonyl (C=O) groups is 2. The van der Waals surface area contributed by atoms with Gasteiger partial charge in [-0.2, -0.15) is 15.1 Å². The van der Waals surface area contributed by atoms with Crippen LogP contribution in [-0.2, 0) is 20.8 Å². The van der Waals surface area contributed by atoms with Crippen LogP contribution in [0.1, 0.15) is 100 Å².